The summed E-state index contributed by atoms with van der Waals surface area (Å²) in [5.74, 6) is -2.51. The van der Waals surface area contributed by atoms with E-state index in [1.54, 1.807) is 0 Å². The average Bonchev–Trinajstić information content (AvgIpc) is 1.82. The minimum atomic E-state index is -1.26. The summed E-state index contributed by atoms with van der Waals surface area (Å²) in [5.41, 5.74) is 0. The first kappa shape index (κ1) is 13.2. The quantitative estimate of drug-likeness (QED) is 0.572. The van der Waals surface area contributed by atoms with Crippen LogP contribution in [0.3, 0.4) is 0 Å². The van der Waals surface area contributed by atoms with Gasteiger partial charge in [0.2, 0.25) is 0 Å². The molecule has 0 aliphatic rings. The van der Waals surface area contributed by atoms with E-state index in [0.717, 1.165) is 0 Å². The predicted molar refractivity (Wildman–Crippen MR) is 44.0 cm³/mol. The van der Waals surface area contributed by atoms with Crippen LogP contribution in [0.1, 0.15) is 0 Å². The van der Waals surface area contributed by atoms with Crippen molar-refractivity contribution in [2.75, 3.05) is 21.1 Å². The van der Waals surface area contributed by atoms with E-state index < -0.39 is 11.9 Å². The number of nitrogens with zero attached hydrogens (tertiary/aromatic N) is 1. The van der Waals surface area contributed by atoms with Crippen LogP contribution in [0.5, 0.6) is 0 Å². The van der Waals surface area contributed by atoms with Gasteiger partial charge in [0.05, 0.1) is 0 Å². The molecule has 0 amide bonds. The zero-order valence-electron chi connectivity index (χ0n) is 7.31. The maximum Gasteiger partial charge on any atom is 0.328 e. The van der Waals surface area contributed by atoms with E-state index in [1.807, 2.05) is 26.0 Å². The lowest BCUT2D eigenvalue weighted by Gasteiger charge is -1.90. The maximum atomic E-state index is 9.55. The Morgan fingerprint density at radius 3 is 1.25 bits per heavy atom. The number of aliphatic carboxylic acids is 2. The molecule has 0 aromatic heterocycles. The molecule has 0 fully saturated rings. The van der Waals surface area contributed by atoms with Crippen LogP contribution in [0.25, 0.3) is 0 Å². The van der Waals surface area contributed by atoms with Crippen LogP contribution in [0.15, 0.2) is 12.2 Å². The van der Waals surface area contributed by atoms with Crippen LogP contribution < -0.4 is 0 Å². The van der Waals surface area contributed by atoms with Crippen molar-refractivity contribution in [1.29, 1.82) is 0 Å². The molecule has 0 unspecified atom stereocenters. The Kier molecular flexibility index (Phi) is 8.55. The van der Waals surface area contributed by atoms with E-state index in [9.17, 15) is 9.59 Å². The Hall–Kier alpha value is -1.36. The summed E-state index contributed by atoms with van der Waals surface area (Å²) in [6.07, 6.45) is 1.12. The fourth-order valence-corrected chi connectivity index (χ4v) is 0.143. The molecule has 12 heavy (non-hydrogen) atoms. The number of carboxylic acids is 2. The molecule has 0 aromatic carbocycles. The van der Waals surface area contributed by atoms with Crippen molar-refractivity contribution in [1.82, 2.24) is 4.90 Å². The van der Waals surface area contributed by atoms with Crippen LogP contribution in [0.2, 0.25) is 0 Å². The van der Waals surface area contributed by atoms with E-state index in [1.165, 1.54) is 0 Å². The fraction of sp³-hybridized carbons (Fsp3) is 0.429. The van der Waals surface area contributed by atoms with Gasteiger partial charge in [-0.2, -0.15) is 0 Å². The second kappa shape index (κ2) is 7.74. The standard InChI is InChI=1S/C4H4O4.C3H9N/c5-3(6)1-2-4(7)8;1-4(2)3/h1-2H,(H,5,6)(H,7,8);1-3H3/b2-1+;. The summed E-state index contributed by atoms with van der Waals surface area (Å²) >= 11 is 0. The van der Waals surface area contributed by atoms with E-state index in [-0.39, 0.29) is 0 Å². The third kappa shape index (κ3) is 38.1. The smallest absolute Gasteiger partial charge is 0.328 e. The van der Waals surface area contributed by atoms with E-state index in [2.05, 4.69) is 0 Å². The first-order chi connectivity index (χ1) is 5.36. The third-order valence-corrected chi connectivity index (χ3v) is 0.368. The lowest BCUT2D eigenvalue weighted by molar-refractivity contribution is -0.134. The van der Waals surface area contributed by atoms with Crippen molar-refractivity contribution in [3.8, 4) is 0 Å². The Balaban J connectivity index is 0. The largest absolute Gasteiger partial charge is 0.478 e. The second-order valence-corrected chi connectivity index (χ2v) is 2.35. The third-order valence-electron chi connectivity index (χ3n) is 0.368. The molecule has 0 saturated carbocycles. The summed E-state index contributed by atoms with van der Waals surface area (Å²) in [4.78, 5) is 21.1. The summed E-state index contributed by atoms with van der Waals surface area (Å²) in [7, 11) is 6.00. The molecule has 0 aromatic rings. The molecular weight excluding hydrogens is 162 g/mol. The number of rotatable bonds is 2. The van der Waals surface area contributed by atoms with Crippen LogP contribution >= 0.6 is 0 Å². The normalized spacial score (nSPS) is 9.33. The molecule has 0 spiro atoms. The minimum absolute atomic E-state index is 0.558. The van der Waals surface area contributed by atoms with Crippen molar-refractivity contribution in [2.45, 2.75) is 0 Å². The first-order valence-corrected chi connectivity index (χ1v) is 3.11. The monoisotopic (exact) mass is 175 g/mol. The number of hydrogen-bond donors (Lipinski definition) is 2. The molecule has 2 N–H and O–H groups in total. The SMILES string of the molecule is CN(C)C.O=C(O)/C=C/C(=O)O. The molecule has 0 rings (SSSR count). The summed E-state index contributed by atoms with van der Waals surface area (Å²) in [6, 6.07) is 0. The number of carboxylic acid groups (broad SMARTS) is 2. The molecule has 0 saturated heterocycles. The molecule has 0 bridgehead atoms. The van der Waals surface area contributed by atoms with E-state index in [0.29, 0.717) is 12.2 Å². The van der Waals surface area contributed by atoms with Crippen molar-refractivity contribution in [2.24, 2.45) is 0 Å². The molecule has 0 heterocycles. The molecule has 0 aliphatic carbocycles. The van der Waals surface area contributed by atoms with Crippen molar-refractivity contribution in [3.05, 3.63) is 12.2 Å². The highest BCUT2D eigenvalue weighted by Crippen LogP contribution is 1.70. The van der Waals surface area contributed by atoms with E-state index in [4.69, 9.17) is 10.2 Å². The highest BCUT2D eigenvalue weighted by Gasteiger charge is 1.88. The van der Waals surface area contributed by atoms with Crippen LogP contribution in [0, 0.1) is 0 Å². The highest BCUT2D eigenvalue weighted by molar-refractivity contribution is 5.89. The number of hydrogen-bond acceptors (Lipinski definition) is 3. The van der Waals surface area contributed by atoms with Crippen LogP contribution in [-0.4, -0.2) is 48.2 Å². The Labute approximate surface area is 70.9 Å². The molecular formula is C7H13NO4. The van der Waals surface area contributed by atoms with Crippen molar-refractivity contribution in [3.63, 3.8) is 0 Å². The second-order valence-electron chi connectivity index (χ2n) is 2.35. The Morgan fingerprint density at radius 2 is 1.17 bits per heavy atom. The molecule has 0 aliphatic heterocycles. The van der Waals surface area contributed by atoms with Crippen LogP contribution in [0.4, 0.5) is 0 Å². The number of carbonyl (C=O) groups is 2. The lowest BCUT2D eigenvalue weighted by atomic mass is 10.5. The summed E-state index contributed by atoms with van der Waals surface area (Å²) < 4.78 is 0. The maximum absolute atomic E-state index is 9.55. The van der Waals surface area contributed by atoms with Gasteiger partial charge in [-0.25, -0.2) is 9.59 Å². The fourth-order valence-electron chi connectivity index (χ4n) is 0.143. The molecule has 70 valence electrons. The highest BCUT2D eigenvalue weighted by atomic mass is 16.4. The van der Waals surface area contributed by atoms with Gasteiger partial charge in [0.1, 0.15) is 0 Å². The summed E-state index contributed by atoms with van der Waals surface area (Å²) in [6.45, 7) is 0. The van der Waals surface area contributed by atoms with Gasteiger partial charge >= 0.3 is 11.9 Å². The topological polar surface area (TPSA) is 77.8 Å². The zero-order valence-corrected chi connectivity index (χ0v) is 7.31. The minimum Gasteiger partial charge on any atom is -0.478 e. The van der Waals surface area contributed by atoms with E-state index >= 15 is 0 Å². The van der Waals surface area contributed by atoms with Crippen LogP contribution in [-0.2, 0) is 9.59 Å². The predicted octanol–water partition coefficient (Wildman–Crippen LogP) is -0.110. The van der Waals surface area contributed by atoms with Crippen molar-refractivity contribution >= 4 is 11.9 Å². The summed E-state index contributed by atoms with van der Waals surface area (Å²) in [5, 5.41) is 15.6. The molecule has 0 radical (unpaired) electrons. The molecule has 5 heteroatoms. The van der Waals surface area contributed by atoms with Gasteiger partial charge in [-0.1, -0.05) is 0 Å². The van der Waals surface area contributed by atoms with Gasteiger partial charge in [-0.05, 0) is 21.1 Å². The zero-order chi connectivity index (χ0) is 10.1. The van der Waals surface area contributed by atoms with Gasteiger partial charge in [-0.15, -0.1) is 0 Å². The average molecular weight is 175 g/mol. The van der Waals surface area contributed by atoms with Gasteiger partial charge < -0.3 is 15.1 Å². The Bertz CT molecular complexity index is 155. The van der Waals surface area contributed by atoms with Gasteiger partial charge in [-0.3, -0.25) is 0 Å². The van der Waals surface area contributed by atoms with Gasteiger partial charge in [0, 0.05) is 12.2 Å². The Morgan fingerprint density at radius 1 is 1.00 bits per heavy atom. The molecule has 5 nitrogen and oxygen atoms in total. The lowest BCUT2D eigenvalue weighted by Crippen LogP contribution is -1.99. The van der Waals surface area contributed by atoms with Crippen molar-refractivity contribution < 1.29 is 19.8 Å². The van der Waals surface area contributed by atoms with Gasteiger partial charge in [0.25, 0.3) is 0 Å². The first-order valence-electron chi connectivity index (χ1n) is 3.11. The van der Waals surface area contributed by atoms with Gasteiger partial charge in [0.15, 0.2) is 0 Å². The molecule has 0 atom stereocenters.